The Kier molecular flexibility index (Phi) is 13.9. The van der Waals surface area contributed by atoms with Gasteiger partial charge in [0.1, 0.15) is 5.82 Å². The van der Waals surface area contributed by atoms with Gasteiger partial charge in [-0.3, -0.25) is 4.99 Å². The third-order valence-electron chi connectivity index (χ3n) is 2.02. The van der Waals surface area contributed by atoms with Crippen LogP contribution in [0, 0.1) is 18.2 Å². The molecule has 0 amide bonds. The summed E-state index contributed by atoms with van der Waals surface area (Å²) in [4.78, 5) is 8.27. The fourth-order valence-corrected chi connectivity index (χ4v) is 1.22. The standard InChI is InChI=1S/C12H15FN2.C2H5N.C2H6/c1-4-7-15-12(14-3)10-5-6-11(13)9(2)8-10;1-2-3;1-2/h5-8H,4H2,1-3H3;2-3H,1H3;1-2H3. The first-order valence-electron chi connectivity index (χ1n) is 6.81. The van der Waals surface area contributed by atoms with Crippen LogP contribution < -0.4 is 0 Å². The van der Waals surface area contributed by atoms with Gasteiger partial charge >= 0.3 is 0 Å². The highest BCUT2D eigenvalue weighted by Gasteiger charge is 2.03. The number of nitrogens with zero attached hydrogens (tertiary/aromatic N) is 2. The molecule has 0 saturated heterocycles. The maximum absolute atomic E-state index is 13.0. The highest BCUT2D eigenvalue weighted by atomic mass is 19.1. The van der Waals surface area contributed by atoms with Crippen LogP contribution in [-0.2, 0) is 0 Å². The molecule has 0 bridgehead atoms. The SMILES string of the molecule is CC.CC=N.CCC=NC(=NC)c1ccc(F)c(C)c1. The summed E-state index contributed by atoms with van der Waals surface area (Å²) in [7, 11) is 1.68. The summed E-state index contributed by atoms with van der Waals surface area (Å²) in [6, 6.07) is 4.89. The first kappa shape index (κ1) is 20.5. The molecule has 20 heavy (non-hydrogen) atoms. The quantitative estimate of drug-likeness (QED) is 0.604. The van der Waals surface area contributed by atoms with Crippen molar-refractivity contribution >= 4 is 18.3 Å². The van der Waals surface area contributed by atoms with E-state index in [1.54, 1.807) is 39.2 Å². The van der Waals surface area contributed by atoms with E-state index in [0.717, 1.165) is 12.0 Å². The maximum Gasteiger partial charge on any atom is 0.153 e. The number of benzene rings is 1. The molecule has 4 heteroatoms. The number of hydrogen-bond acceptors (Lipinski definition) is 2. The maximum atomic E-state index is 13.0. The molecule has 1 rings (SSSR count). The van der Waals surface area contributed by atoms with Gasteiger partial charge in [0.15, 0.2) is 5.84 Å². The van der Waals surface area contributed by atoms with Gasteiger partial charge in [-0.15, -0.1) is 0 Å². The van der Waals surface area contributed by atoms with Gasteiger partial charge in [-0.2, -0.15) is 0 Å². The summed E-state index contributed by atoms with van der Waals surface area (Å²) in [5.74, 6) is 0.439. The van der Waals surface area contributed by atoms with Crippen molar-refractivity contribution in [3.8, 4) is 0 Å². The first-order valence-corrected chi connectivity index (χ1v) is 6.81. The molecule has 0 radical (unpaired) electrons. The zero-order chi connectivity index (χ0) is 16.0. The zero-order valence-corrected chi connectivity index (χ0v) is 13.4. The van der Waals surface area contributed by atoms with Crippen molar-refractivity contribution in [3.05, 3.63) is 35.1 Å². The van der Waals surface area contributed by atoms with E-state index in [1.165, 1.54) is 12.3 Å². The van der Waals surface area contributed by atoms with Crippen LogP contribution in [0.3, 0.4) is 0 Å². The Morgan fingerprint density at radius 1 is 1.35 bits per heavy atom. The predicted molar refractivity (Wildman–Crippen MR) is 88.2 cm³/mol. The Labute approximate surface area is 122 Å². The van der Waals surface area contributed by atoms with Crippen molar-refractivity contribution in [1.82, 2.24) is 0 Å². The Hall–Kier alpha value is -1.84. The molecule has 0 saturated carbocycles. The van der Waals surface area contributed by atoms with E-state index in [-0.39, 0.29) is 5.82 Å². The van der Waals surface area contributed by atoms with Gasteiger partial charge in [0.2, 0.25) is 0 Å². The lowest BCUT2D eigenvalue weighted by Crippen LogP contribution is -1.99. The van der Waals surface area contributed by atoms with Crippen LogP contribution >= 0.6 is 0 Å². The van der Waals surface area contributed by atoms with E-state index >= 15 is 0 Å². The number of nitrogens with one attached hydrogen (secondary N) is 1. The molecular weight excluding hydrogens is 253 g/mol. The van der Waals surface area contributed by atoms with E-state index in [1.807, 2.05) is 20.8 Å². The van der Waals surface area contributed by atoms with Crippen molar-refractivity contribution in [2.75, 3.05) is 7.05 Å². The van der Waals surface area contributed by atoms with Gasteiger partial charge in [0.25, 0.3) is 0 Å². The molecule has 1 N–H and O–H groups in total. The van der Waals surface area contributed by atoms with Gasteiger partial charge in [-0.05, 0) is 50.2 Å². The third kappa shape index (κ3) is 8.29. The van der Waals surface area contributed by atoms with Gasteiger partial charge < -0.3 is 5.41 Å². The molecule has 1 aromatic carbocycles. The highest BCUT2D eigenvalue weighted by molar-refractivity contribution is 6.03. The number of aliphatic imine (C=N–C) groups is 2. The van der Waals surface area contributed by atoms with Crippen LogP contribution in [0.1, 0.15) is 45.2 Å². The molecule has 0 aromatic heterocycles. The van der Waals surface area contributed by atoms with Gasteiger partial charge in [-0.1, -0.05) is 20.8 Å². The van der Waals surface area contributed by atoms with Crippen LogP contribution in [0.2, 0.25) is 0 Å². The molecule has 0 unspecified atom stereocenters. The summed E-state index contributed by atoms with van der Waals surface area (Å²) in [5.41, 5.74) is 1.46. The second kappa shape index (κ2) is 13.6. The average Bonchev–Trinajstić information content (AvgIpc) is 2.46. The number of halogens is 1. The van der Waals surface area contributed by atoms with E-state index in [2.05, 4.69) is 9.98 Å². The largest absolute Gasteiger partial charge is 0.313 e. The second-order valence-corrected chi connectivity index (χ2v) is 3.52. The molecular formula is C16H26FN3. The van der Waals surface area contributed by atoms with Crippen molar-refractivity contribution in [3.63, 3.8) is 0 Å². The van der Waals surface area contributed by atoms with Crippen molar-refractivity contribution in [1.29, 1.82) is 5.41 Å². The van der Waals surface area contributed by atoms with Gasteiger partial charge in [0, 0.05) is 18.8 Å². The fourth-order valence-electron chi connectivity index (χ4n) is 1.22. The van der Waals surface area contributed by atoms with E-state index in [9.17, 15) is 4.39 Å². The van der Waals surface area contributed by atoms with Gasteiger partial charge in [0.05, 0.1) is 0 Å². The first-order chi connectivity index (χ1) is 9.60. The molecule has 0 fully saturated rings. The van der Waals surface area contributed by atoms with E-state index in [0.29, 0.717) is 11.4 Å². The lowest BCUT2D eigenvalue weighted by Gasteiger charge is -2.02. The Morgan fingerprint density at radius 3 is 2.30 bits per heavy atom. The van der Waals surface area contributed by atoms with Crippen LogP contribution in [0.25, 0.3) is 0 Å². The topological polar surface area (TPSA) is 48.6 Å². The lowest BCUT2D eigenvalue weighted by molar-refractivity contribution is 0.618. The van der Waals surface area contributed by atoms with Crippen molar-refractivity contribution < 1.29 is 4.39 Å². The summed E-state index contributed by atoms with van der Waals surface area (Å²) >= 11 is 0. The van der Waals surface area contributed by atoms with Crippen molar-refractivity contribution in [2.45, 2.75) is 41.0 Å². The Bertz CT molecular complexity index is 437. The Balaban J connectivity index is 0. The molecule has 3 nitrogen and oxygen atoms in total. The minimum atomic E-state index is -0.200. The van der Waals surface area contributed by atoms with E-state index < -0.39 is 0 Å². The number of rotatable bonds is 2. The predicted octanol–water partition coefficient (Wildman–Crippen LogP) is 4.67. The fraction of sp³-hybridized carbons (Fsp3) is 0.438. The van der Waals surface area contributed by atoms with Crippen LogP contribution in [-0.4, -0.2) is 25.3 Å². The van der Waals surface area contributed by atoms with Crippen LogP contribution in [0.15, 0.2) is 28.2 Å². The molecule has 112 valence electrons. The summed E-state index contributed by atoms with van der Waals surface area (Å²) in [6.45, 7) is 9.41. The highest BCUT2D eigenvalue weighted by Crippen LogP contribution is 2.10. The minimum absolute atomic E-state index is 0.200. The molecule has 0 atom stereocenters. The third-order valence-corrected chi connectivity index (χ3v) is 2.02. The molecule has 0 spiro atoms. The van der Waals surface area contributed by atoms with Crippen molar-refractivity contribution in [2.24, 2.45) is 9.98 Å². The van der Waals surface area contributed by atoms with Crippen LogP contribution in [0.5, 0.6) is 0 Å². The average molecular weight is 279 g/mol. The molecule has 0 aliphatic carbocycles. The van der Waals surface area contributed by atoms with Gasteiger partial charge in [-0.25, -0.2) is 9.38 Å². The van der Waals surface area contributed by atoms with Crippen LogP contribution in [0.4, 0.5) is 4.39 Å². The summed E-state index contributed by atoms with van der Waals surface area (Å²) < 4.78 is 13.0. The lowest BCUT2D eigenvalue weighted by atomic mass is 10.1. The summed E-state index contributed by atoms with van der Waals surface area (Å²) in [5, 5.41) is 6.08. The summed E-state index contributed by atoms with van der Waals surface area (Å²) in [6.07, 6.45) is 3.90. The number of amidine groups is 1. The molecule has 0 aliphatic heterocycles. The second-order valence-electron chi connectivity index (χ2n) is 3.52. The molecule has 1 aromatic rings. The Morgan fingerprint density at radius 2 is 1.90 bits per heavy atom. The molecule has 0 aliphatic rings. The van der Waals surface area contributed by atoms with E-state index in [4.69, 9.17) is 5.41 Å². The smallest absolute Gasteiger partial charge is 0.153 e. The number of hydrogen-bond donors (Lipinski definition) is 1. The normalized spacial score (nSPS) is 10.2. The number of aryl methyl sites for hydroxylation is 1. The molecule has 0 heterocycles. The monoisotopic (exact) mass is 279 g/mol. The zero-order valence-electron chi connectivity index (χ0n) is 13.4. The minimum Gasteiger partial charge on any atom is -0.313 e.